The highest BCUT2D eigenvalue weighted by Gasteiger charge is 2.39. The largest absolute Gasteiger partial charge is 0.342 e. The van der Waals surface area contributed by atoms with Gasteiger partial charge in [-0.1, -0.05) is 6.92 Å². The molecule has 4 atom stereocenters. The van der Waals surface area contributed by atoms with Gasteiger partial charge in [0.15, 0.2) is 0 Å². The first-order valence-corrected chi connectivity index (χ1v) is 9.76. The summed E-state index contributed by atoms with van der Waals surface area (Å²) >= 11 is 0. The first-order chi connectivity index (χ1) is 12.3. The molecule has 4 N–H and O–H groups in total. The standard InChI is InChI=1S/C15H24F2N4O4S/c1-8(13(16)17)12(15(24)20-26(25)9-4-5-9)19-14(23)10-3-2-6-21(10)11(22)7-18/h8-10,12-13H,2-7,18H2,1H3,(H,19,23)(H,20,24). The molecule has 0 aromatic heterocycles. The normalized spacial score (nSPS) is 23.4. The zero-order chi connectivity index (χ0) is 19.4. The molecule has 3 amide bonds. The van der Waals surface area contributed by atoms with E-state index in [1.54, 1.807) is 0 Å². The van der Waals surface area contributed by atoms with Crippen LogP contribution in [0.4, 0.5) is 8.78 Å². The summed E-state index contributed by atoms with van der Waals surface area (Å²) in [6.45, 7) is 1.22. The van der Waals surface area contributed by atoms with Crippen molar-refractivity contribution in [1.82, 2.24) is 14.9 Å². The number of amides is 3. The molecule has 1 heterocycles. The highest BCUT2D eigenvalue weighted by atomic mass is 32.2. The third-order valence-corrected chi connectivity index (χ3v) is 6.06. The topological polar surface area (TPSA) is 122 Å². The van der Waals surface area contributed by atoms with Gasteiger partial charge in [0.1, 0.15) is 23.1 Å². The van der Waals surface area contributed by atoms with Crippen LogP contribution >= 0.6 is 0 Å². The highest BCUT2D eigenvalue weighted by molar-refractivity contribution is 7.84. The molecule has 26 heavy (non-hydrogen) atoms. The summed E-state index contributed by atoms with van der Waals surface area (Å²) in [4.78, 5) is 37.9. The summed E-state index contributed by atoms with van der Waals surface area (Å²) in [5.74, 6) is -3.49. The molecule has 2 rings (SSSR count). The summed E-state index contributed by atoms with van der Waals surface area (Å²) in [5.41, 5.74) is 5.32. The zero-order valence-corrected chi connectivity index (χ0v) is 15.3. The maximum absolute atomic E-state index is 13.1. The molecule has 2 aliphatic rings. The van der Waals surface area contributed by atoms with E-state index in [0.29, 0.717) is 32.2 Å². The summed E-state index contributed by atoms with van der Waals surface area (Å²) in [7, 11) is -1.65. The number of carbonyl (C=O) groups is 3. The summed E-state index contributed by atoms with van der Waals surface area (Å²) in [6.07, 6.45) is -0.510. The minimum Gasteiger partial charge on any atom is -0.342 e. The van der Waals surface area contributed by atoms with Crippen molar-refractivity contribution in [3.05, 3.63) is 0 Å². The summed E-state index contributed by atoms with van der Waals surface area (Å²) < 4.78 is 40.3. The van der Waals surface area contributed by atoms with Gasteiger partial charge in [0.05, 0.1) is 11.8 Å². The van der Waals surface area contributed by atoms with Gasteiger partial charge in [-0.3, -0.25) is 19.1 Å². The minimum absolute atomic E-state index is 0.162. The highest BCUT2D eigenvalue weighted by Crippen LogP contribution is 2.25. The lowest BCUT2D eigenvalue weighted by Crippen LogP contribution is -2.57. The van der Waals surface area contributed by atoms with E-state index in [1.165, 1.54) is 4.90 Å². The Morgan fingerprint density at radius 2 is 1.92 bits per heavy atom. The van der Waals surface area contributed by atoms with Crippen LogP contribution in [0.1, 0.15) is 32.6 Å². The van der Waals surface area contributed by atoms with Crippen molar-refractivity contribution < 1.29 is 27.4 Å². The summed E-state index contributed by atoms with van der Waals surface area (Å²) in [6, 6.07) is -2.39. The molecule has 4 unspecified atom stereocenters. The van der Waals surface area contributed by atoms with E-state index in [2.05, 4.69) is 10.0 Å². The predicted octanol–water partition coefficient (Wildman–Crippen LogP) is -0.736. The van der Waals surface area contributed by atoms with Crippen LogP contribution in [0.2, 0.25) is 0 Å². The maximum Gasteiger partial charge on any atom is 0.254 e. The third-order valence-electron chi connectivity index (χ3n) is 4.58. The monoisotopic (exact) mass is 394 g/mol. The van der Waals surface area contributed by atoms with Crippen LogP contribution in [-0.4, -0.2) is 63.7 Å². The number of rotatable bonds is 8. The number of hydrogen-bond donors (Lipinski definition) is 3. The summed E-state index contributed by atoms with van der Waals surface area (Å²) in [5, 5.41) is 2.15. The van der Waals surface area contributed by atoms with Gasteiger partial charge in [0.25, 0.3) is 5.91 Å². The molecule has 0 radical (unpaired) electrons. The third kappa shape index (κ3) is 4.97. The minimum atomic E-state index is -2.86. The van der Waals surface area contributed by atoms with Crippen molar-refractivity contribution in [2.75, 3.05) is 13.1 Å². The Morgan fingerprint density at radius 1 is 1.27 bits per heavy atom. The Morgan fingerprint density at radius 3 is 2.46 bits per heavy atom. The van der Waals surface area contributed by atoms with Crippen molar-refractivity contribution in [1.29, 1.82) is 0 Å². The smallest absolute Gasteiger partial charge is 0.254 e. The van der Waals surface area contributed by atoms with Gasteiger partial charge < -0.3 is 16.0 Å². The van der Waals surface area contributed by atoms with Crippen LogP contribution in [-0.2, 0) is 25.4 Å². The van der Waals surface area contributed by atoms with Gasteiger partial charge in [-0.25, -0.2) is 13.0 Å². The number of nitrogens with one attached hydrogen (secondary N) is 2. The fourth-order valence-electron chi connectivity index (χ4n) is 2.81. The van der Waals surface area contributed by atoms with E-state index < -0.39 is 53.1 Å². The molecule has 11 heteroatoms. The SMILES string of the molecule is CC(C(F)F)C(NC(=O)C1CCCN1C(=O)CN)C(=O)NS(=O)C1CC1. The molecule has 1 aliphatic carbocycles. The molecule has 1 aliphatic heterocycles. The lowest BCUT2D eigenvalue weighted by molar-refractivity contribution is -0.139. The van der Waals surface area contributed by atoms with E-state index in [9.17, 15) is 27.4 Å². The second-order valence-electron chi connectivity index (χ2n) is 6.59. The lowest BCUT2D eigenvalue weighted by atomic mass is 10.0. The maximum atomic E-state index is 13.1. The first-order valence-electron chi connectivity index (χ1n) is 8.55. The average Bonchev–Trinajstić information content (AvgIpc) is 3.34. The second-order valence-corrected chi connectivity index (χ2v) is 8.06. The van der Waals surface area contributed by atoms with Crippen molar-refractivity contribution in [2.45, 2.75) is 56.4 Å². The van der Waals surface area contributed by atoms with Crippen LogP contribution < -0.4 is 15.8 Å². The quantitative estimate of drug-likeness (QED) is 0.501. The fraction of sp³-hybridized carbons (Fsp3) is 0.800. The molecule has 0 aromatic rings. The molecule has 0 aromatic carbocycles. The number of nitrogens with zero attached hydrogens (tertiary/aromatic N) is 1. The fourth-order valence-corrected chi connectivity index (χ4v) is 3.87. The molecule has 8 nitrogen and oxygen atoms in total. The molecule has 1 saturated carbocycles. The van der Waals surface area contributed by atoms with Crippen LogP contribution in [0.25, 0.3) is 0 Å². The Hall–Kier alpha value is -1.62. The van der Waals surface area contributed by atoms with Gasteiger partial charge >= 0.3 is 0 Å². The van der Waals surface area contributed by atoms with Gasteiger partial charge in [-0.15, -0.1) is 0 Å². The first kappa shape index (κ1) is 20.7. The van der Waals surface area contributed by atoms with Gasteiger partial charge in [-0.05, 0) is 25.7 Å². The second kappa shape index (κ2) is 8.85. The van der Waals surface area contributed by atoms with E-state index in [4.69, 9.17) is 5.73 Å². The molecule has 0 spiro atoms. The van der Waals surface area contributed by atoms with E-state index >= 15 is 0 Å². The van der Waals surface area contributed by atoms with Crippen molar-refractivity contribution in [2.24, 2.45) is 11.7 Å². The van der Waals surface area contributed by atoms with Gasteiger partial charge in [0, 0.05) is 12.5 Å². The molecule has 148 valence electrons. The van der Waals surface area contributed by atoms with E-state index in [-0.39, 0.29) is 11.8 Å². The molecular formula is C15H24F2N4O4S. The molecule has 2 fully saturated rings. The number of nitrogens with two attached hydrogens (primary N) is 1. The Labute approximate surface area is 152 Å². The van der Waals surface area contributed by atoms with Crippen LogP contribution in [0.5, 0.6) is 0 Å². The molecule has 1 saturated heterocycles. The number of likely N-dealkylation sites (tertiary alicyclic amines) is 1. The zero-order valence-electron chi connectivity index (χ0n) is 14.5. The van der Waals surface area contributed by atoms with Gasteiger partial charge in [0.2, 0.25) is 18.2 Å². The number of hydrogen-bond acceptors (Lipinski definition) is 5. The average molecular weight is 394 g/mol. The van der Waals surface area contributed by atoms with E-state index in [1.807, 2.05) is 0 Å². The predicted molar refractivity (Wildman–Crippen MR) is 90.2 cm³/mol. The number of halogens is 2. The van der Waals surface area contributed by atoms with E-state index in [0.717, 1.165) is 6.92 Å². The number of carbonyl (C=O) groups excluding carboxylic acids is 3. The van der Waals surface area contributed by atoms with Crippen LogP contribution in [0.15, 0.2) is 0 Å². The van der Waals surface area contributed by atoms with Crippen molar-refractivity contribution in [3.63, 3.8) is 0 Å². The number of alkyl halides is 2. The molecular weight excluding hydrogens is 370 g/mol. The Bertz CT molecular complexity index is 588. The molecule has 0 bridgehead atoms. The van der Waals surface area contributed by atoms with Crippen LogP contribution in [0, 0.1) is 5.92 Å². The van der Waals surface area contributed by atoms with Crippen molar-refractivity contribution >= 4 is 28.7 Å². The Kier molecular flexibility index (Phi) is 7.04. The lowest BCUT2D eigenvalue weighted by Gasteiger charge is -2.28. The van der Waals surface area contributed by atoms with Crippen LogP contribution in [0.3, 0.4) is 0 Å². The Balaban J connectivity index is 2.07. The van der Waals surface area contributed by atoms with Crippen molar-refractivity contribution in [3.8, 4) is 0 Å². The van der Waals surface area contributed by atoms with Gasteiger partial charge in [-0.2, -0.15) is 0 Å².